The molecule has 0 bridgehead atoms. The fourth-order valence-corrected chi connectivity index (χ4v) is 3.30. The van der Waals surface area contributed by atoms with Crippen molar-refractivity contribution in [1.29, 1.82) is 0 Å². The number of hydrogen-bond donors (Lipinski definition) is 0. The van der Waals surface area contributed by atoms with E-state index < -0.39 is 0 Å². The lowest BCUT2D eigenvalue weighted by Gasteiger charge is -2.23. The van der Waals surface area contributed by atoms with Crippen LogP contribution in [0.25, 0.3) is 16.6 Å². The van der Waals surface area contributed by atoms with E-state index >= 15 is 0 Å². The van der Waals surface area contributed by atoms with E-state index in [1.54, 1.807) is 12.1 Å². The summed E-state index contributed by atoms with van der Waals surface area (Å²) in [6, 6.07) is 13.5. The van der Waals surface area contributed by atoms with Crippen molar-refractivity contribution in [1.82, 2.24) is 9.78 Å². The minimum absolute atomic E-state index is 0.231. The van der Waals surface area contributed by atoms with Gasteiger partial charge in [0.25, 0.3) is 0 Å². The van der Waals surface area contributed by atoms with Crippen LogP contribution in [0.3, 0.4) is 0 Å². The van der Waals surface area contributed by atoms with Gasteiger partial charge in [-0.1, -0.05) is 0 Å². The Kier molecular flexibility index (Phi) is 3.10. The molecule has 0 spiro atoms. The molecule has 112 valence electrons. The van der Waals surface area contributed by atoms with Crippen molar-refractivity contribution in [2.24, 2.45) is 0 Å². The Morgan fingerprint density at radius 2 is 1.86 bits per heavy atom. The zero-order chi connectivity index (χ0) is 15.1. The van der Waals surface area contributed by atoms with Crippen LogP contribution in [0.15, 0.2) is 48.7 Å². The van der Waals surface area contributed by atoms with Gasteiger partial charge in [0.2, 0.25) is 0 Å². The largest absolute Gasteiger partial charge is 0.369 e. The van der Waals surface area contributed by atoms with Gasteiger partial charge in [-0.2, -0.15) is 5.10 Å². The third-order valence-electron chi connectivity index (χ3n) is 4.51. The van der Waals surface area contributed by atoms with Gasteiger partial charge >= 0.3 is 0 Å². The minimum Gasteiger partial charge on any atom is -0.369 e. The molecule has 2 heterocycles. The summed E-state index contributed by atoms with van der Waals surface area (Å²) in [5.74, 6) is -0.231. The number of benzene rings is 2. The number of halogens is 1. The van der Waals surface area contributed by atoms with Crippen molar-refractivity contribution in [2.45, 2.75) is 25.8 Å². The maximum Gasteiger partial charge on any atom is 0.123 e. The third kappa shape index (κ3) is 2.15. The van der Waals surface area contributed by atoms with E-state index in [9.17, 15) is 4.39 Å². The van der Waals surface area contributed by atoms with Crippen LogP contribution in [0.5, 0.6) is 0 Å². The number of aromatic nitrogens is 2. The lowest BCUT2D eigenvalue weighted by molar-refractivity contribution is 0.627. The molecule has 1 aromatic heterocycles. The molecule has 3 aromatic rings. The molecule has 1 aliphatic rings. The first-order valence-electron chi connectivity index (χ1n) is 7.73. The van der Waals surface area contributed by atoms with Crippen LogP contribution in [-0.2, 0) is 0 Å². The Balaban J connectivity index is 1.75. The van der Waals surface area contributed by atoms with Crippen molar-refractivity contribution < 1.29 is 4.39 Å². The predicted molar refractivity (Wildman–Crippen MR) is 87.1 cm³/mol. The second-order valence-corrected chi connectivity index (χ2v) is 5.96. The van der Waals surface area contributed by atoms with Crippen molar-refractivity contribution in [3.63, 3.8) is 0 Å². The van der Waals surface area contributed by atoms with Gasteiger partial charge in [0, 0.05) is 23.7 Å². The van der Waals surface area contributed by atoms with E-state index in [4.69, 9.17) is 0 Å². The van der Waals surface area contributed by atoms with Gasteiger partial charge in [0.1, 0.15) is 5.82 Å². The third-order valence-corrected chi connectivity index (χ3v) is 4.51. The van der Waals surface area contributed by atoms with Gasteiger partial charge < -0.3 is 4.90 Å². The van der Waals surface area contributed by atoms with Gasteiger partial charge in [0.15, 0.2) is 0 Å². The van der Waals surface area contributed by atoms with E-state index in [0.29, 0.717) is 6.04 Å². The molecule has 0 aliphatic carbocycles. The molecule has 1 atom stereocenters. The molecule has 1 saturated heterocycles. The Morgan fingerprint density at radius 1 is 1.09 bits per heavy atom. The highest BCUT2D eigenvalue weighted by Gasteiger charge is 2.20. The van der Waals surface area contributed by atoms with Crippen LogP contribution in [0, 0.1) is 5.82 Å². The van der Waals surface area contributed by atoms with Crippen LogP contribution in [0.4, 0.5) is 10.1 Å². The summed E-state index contributed by atoms with van der Waals surface area (Å²) in [5, 5.41) is 5.57. The molecule has 0 N–H and O–H groups in total. The molecule has 0 amide bonds. The quantitative estimate of drug-likeness (QED) is 0.708. The van der Waals surface area contributed by atoms with E-state index in [0.717, 1.165) is 23.1 Å². The molecule has 4 rings (SSSR count). The van der Waals surface area contributed by atoms with Crippen LogP contribution < -0.4 is 4.90 Å². The SMILES string of the molecule is C[C@@H]1CCCN1c1ccc2c(cnn2-c2ccc(F)cc2)c1. The summed E-state index contributed by atoms with van der Waals surface area (Å²) < 4.78 is 14.9. The molecule has 3 nitrogen and oxygen atoms in total. The highest BCUT2D eigenvalue weighted by Crippen LogP contribution is 2.29. The minimum atomic E-state index is -0.231. The highest BCUT2D eigenvalue weighted by atomic mass is 19.1. The van der Waals surface area contributed by atoms with Crippen LogP contribution >= 0.6 is 0 Å². The number of hydrogen-bond acceptors (Lipinski definition) is 2. The van der Waals surface area contributed by atoms with Gasteiger partial charge in [-0.05, 0) is 62.2 Å². The first-order chi connectivity index (χ1) is 10.7. The highest BCUT2D eigenvalue weighted by molar-refractivity contribution is 5.84. The molecule has 22 heavy (non-hydrogen) atoms. The van der Waals surface area contributed by atoms with E-state index in [1.165, 1.54) is 30.7 Å². The zero-order valence-corrected chi connectivity index (χ0v) is 12.5. The predicted octanol–water partition coefficient (Wildman–Crippen LogP) is 4.15. The fourth-order valence-electron chi connectivity index (χ4n) is 3.30. The Bertz CT molecular complexity index is 807. The second-order valence-electron chi connectivity index (χ2n) is 5.96. The molecule has 0 unspecified atom stereocenters. The molecule has 1 fully saturated rings. The second kappa shape index (κ2) is 5.13. The first kappa shape index (κ1) is 13.3. The summed E-state index contributed by atoms with van der Waals surface area (Å²) in [6.07, 6.45) is 4.39. The average Bonchev–Trinajstić information content (AvgIpc) is 3.13. The fraction of sp³-hybridized carbons (Fsp3) is 0.278. The van der Waals surface area contributed by atoms with Gasteiger partial charge in [-0.15, -0.1) is 0 Å². The average molecular weight is 295 g/mol. The summed E-state index contributed by atoms with van der Waals surface area (Å²) in [5.41, 5.74) is 3.18. The number of anilines is 1. The topological polar surface area (TPSA) is 21.1 Å². The monoisotopic (exact) mass is 295 g/mol. The Morgan fingerprint density at radius 3 is 2.59 bits per heavy atom. The van der Waals surface area contributed by atoms with E-state index in [2.05, 4.69) is 35.1 Å². The smallest absolute Gasteiger partial charge is 0.123 e. The van der Waals surface area contributed by atoms with Crippen LogP contribution in [-0.4, -0.2) is 22.4 Å². The van der Waals surface area contributed by atoms with Gasteiger partial charge in [-0.25, -0.2) is 9.07 Å². The summed E-state index contributed by atoms with van der Waals surface area (Å²) >= 11 is 0. The Hall–Kier alpha value is -2.36. The summed E-state index contributed by atoms with van der Waals surface area (Å²) in [4.78, 5) is 2.45. The number of fused-ring (bicyclic) bond motifs is 1. The number of nitrogens with zero attached hydrogens (tertiary/aromatic N) is 3. The van der Waals surface area contributed by atoms with E-state index in [-0.39, 0.29) is 5.82 Å². The molecule has 0 radical (unpaired) electrons. The Labute approximate surface area is 129 Å². The molecule has 0 saturated carbocycles. The van der Waals surface area contributed by atoms with Crippen molar-refractivity contribution in [3.8, 4) is 5.69 Å². The standard InChI is InChI=1S/C18H18FN3/c1-13-3-2-10-21(13)17-8-9-18-14(11-17)12-20-22(18)16-6-4-15(19)5-7-16/h4-9,11-13H,2-3,10H2,1H3/t13-/m1/s1. The van der Waals surface area contributed by atoms with Crippen LogP contribution in [0.1, 0.15) is 19.8 Å². The molecule has 1 aliphatic heterocycles. The van der Waals surface area contributed by atoms with Crippen molar-refractivity contribution in [2.75, 3.05) is 11.4 Å². The van der Waals surface area contributed by atoms with Gasteiger partial charge in [0.05, 0.1) is 17.4 Å². The van der Waals surface area contributed by atoms with Gasteiger partial charge in [-0.3, -0.25) is 0 Å². The molecule has 4 heteroatoms. The molecular formula is C18H18FN3. The number of rotatable bonds is 2. The molecule has 2 aromatic carbocycles. The lowest BCUT2D eigenvalue weighted by atomic mass is 10.2. The zero-order valence-electron chi connectivity index (χ0n) is 12.5. The summed E-state index contributed by atoms with van der Waals surface area (Å²) in [6.45, 7) is 3.40. The summed E-state index contributed by atoms with van der Waals surface area (Å²) in [7, 11) is 0. The molecular weight excluding hydrogens is 277 g/mol. The van der Waals surface area contributed by atoms with E-state index in [1.807, 2.05) is 10.9 Å². The van der Waals surface area contributed by atoms with Crippen molar-refractivity contribution in [3.05, 3.63) is 54.5 Å². The maximum atomic E-state index is 13.1. The maximum absolute atomic E-state index is 13.1. The van der Waals surface area contributed by atoms with Crippen LogP contribution in [0.2, 0.25) is 0 Å². The lowest BCUT2D eigenvalue weighted by Crippen LogP contribution is -2.25. The normalized spacial score (nSPS) is 18.3. The van der Waals surface area contributed by atoms with Crippen molar-refractivity contribution >= 4 is 16.6 Å². The first-order valence-corrected chi connectivity index (χ1v) is 7.73.